The lowest BCUT2D eigenvalue weighted by Crippen LogP contribution is -2.53. The molecule has 0 saturated heterocycles. The fourth-order valence-electron chi connectivity index (χ4n) is 2.04. The van der Waals surface area contributed by atoms with Crippen LogP contribution in [0.4, 0.5) is 0 Å². The summed E-state index contributed by atoms with van der Waals surface area (Å²) >= 11 is 0. The van der Waals surface area contributed by atoms with Crippen LogP contribution in [0.15, 0.2) is 24.3 Å². The highest BCUT2D eigenvalue weighted by molar-refractivity contribution is 5.85. The zero-order chi connectivity index (χ0) is 14.3. The number of methoxy groups -OCH3 is 1. The zero-order valence-electron chi connectivity index (χ0n) is 12.4. The van der Waals surface area contributed by atoms with Crippen molar-refractivity contribution < 1.29 is 9.53 Å². The SMILES string of the molecule is CCC(CC)(CN)NC(=O)Cc1ccc(OC)cc1.Cl. The summed E-state index contributed by atoms with van der Waals surface area (Å²) in [5.74, 6) is 0.807. The van der Waals surface area contributed by atoms with Gasteiger partial charge in [-0.05, 0) is 30.5 Å². The Morgan fingerprint density at radius 3 is 2.20 bits per heavy atom. The highest BCUT2D eigenvalue weighted by Crippen LogP contribution is 2.15. The van der Waals surface area contributed by atoms with E-state index < -0.39 is 0 Å². The number of rotatable bonds is 7. The van der Waals surface area contributed by atoms with Crippen LogP contribution in [-0.4, -0.2) is 25.1 Å². The average molecular weight is 301 g/mol. The van der Waals surface area contributed by atoms with Gasteiger partial charge in [-0.25, -0.2) is 0 Å². The molecule has 1 amide bonds. The highest BCUT2D eigenvalue weighted by atomic mass is 35.5. The molecule has 5 heteroatoms. The summed E-state index contributed by atoms with van der Waals surface area (Å²) in [5, 5.41) is 3.06. The Morgan fingerprint density at radius 2 is 1.80 bits per heavy atom. The molecule has 3 N–H and O–H groups in total. The smallest absolute Gasteiger partial charge is 0.224 e. The van der Waals surface area contributed by atoms with Crippen molar-refractivity contribution in [2.24, 2.45) is 5.73 Å². The van der Waals surface area contributed by atoms with Gasteiger partial charge in [0.2, 0.25) is 5.91 Å². The number of hydrogen-bond acceptors (Lipinski definition) is 3. The van der Waals surface area contributed by atoms with Crippen LogP contribution in [0.5, 0.6) is 5.75 Å². The third-order valence-electron chi connectivity index (χ3n) is 3.67. The van der Waals surface area contributed by atoms with Gasteiger partial charge in [0.05, 0.1) is 19.1 Å². The molecule has 1 aromatic carbocycles. The lowest BCUT2D eigenvalue weighted by atomic mass is 9.92. The predicted molar refractivity (Wildman–Crippen MR) is 84.5 cm³/mol. The standard InChI is InChI=1S/C15H24N2O2.ClH/c1-4-15(5-2,11-16)17-14(18)10-12-6-8-13(19-3)9-7-12;/h6-9H,4-5,10-11,16H2,1-3H3,(H,17,18);1H. The number of ether oxygens (including phenoxy) is 1. The molecule has 0 aliphatic carbocycles. The van der Waals surface area contributed by atoms with Gasteiger partial charge in [-0.3, -0.25) is 4.79 Å². The molecule has 20 heavy (non-hydrogen) atoms. The monoisotopic (exact) mass is 300 g/mol. The first-order valence-corrected chi connectivity index (χ1v) is 6.73. The van der Waals surface area contributed by atoms with Gasteiger partial charge in [0, 0.05) is 6.54 Å². The number of nitrogens with two attached hydrogens (primary N) is 1. The van der Waals surface area contributed by atoms with Crippen LogP contribution in [0.1, 0.15) is 32.3 Å². The molecule has 0 unspecified atom stereocenters. The number of hydrogen-bond donors (Lipinski definition) is 2. The molecule has 0 bridgehead atoms. The predicted octanol–water partition coefficient (Wildman–Crippen LogP) is 2.29. The van der Waals surface area contributed by atoms with E-state index in [9.17, 15) is 4.79 Å². The second kappa shape index (κ2) is 8.82. The molecule has 0 heterocycles. The maximum Gasteiger partial charge on any atom is 0.224 e. The quantitative estimate of drug-likeness (QED) is 0.812. The van der Waals surface area contributed by atoms with Crippen molar-refractivity contribution >= 4 is 18.3 Å². The van der Waals surface area contributed by atoms with E-state index in [1.54, 1.807) is 7.11 Å². The van der Waals surface area contributed by atoms with Crippen molar-refractivity contribution in [3.8, 4) is 5.75 Å². The molecule has 0 radical (unpaired) electrons. The van der Waals surface area contributed by atoms with E-state index in [-0.39, 0.29) is 23.9 Å². The van der Waals surface area contributed by atoms with Gasteiger partial charge < -0.3 is 15.8 Å². The van der Waals surface area contributed by atoms with Crippen LogP contribution in [0.3, 0.4) is 0 Å². The number of carbonyl (C=O) groups is 1. The summed E-state index contributed by atoms with van der Waals surface area (Å²) in [4.78, 5) is 12.1. The molecular weight excluding hydrogens is 276 g/mol. The minimum absolute atomic E-state index is 0. The number of nitrogens with one attached hydrogen (secondary N) is 1. The number of carbonyl (C=O) groups excluding carboxylic acids is 1. The summed E-state index contributed by atoms with van der Waals surface area (Å²) < 4.78 is 5.09. The van der Waals surface area contributed by atoms with Gasteiger partial charge in [-0.1, -0.05) is 26.0 Å². The third-order valence-corrected chi connectivity index (χ3v) is 3.67. The van der Waals surface area contributed by atoms with Crippen molar-refractivity contribution in [1.82, 2.24) is 5.32 Å². The Labute approximate surface area is 127 Å². The van der Waals surface area contributed by atoms with E-state index in [2.05, 4.69) is 5.32 Å². The van der Waals surface area contributed by atoms with E-state index in [0.29, 0.717) is 13.0 Å². The maximum absolute atomic E-state index is 12.1. The largest absolute Gasteiger partial charge is 0.497 e. The Hall–Kier alpha value is -1.26. The first kappa shape index (κ1) is 18.7. The van der Waals surface area contributed by atoms with E-state index in [0.717, 1.165) is 24.2 Å². The summed E-state index contributed by atoms with van der Waals surface area (Å²) in [7, 11) is 1.62. The molecule has 0 saturated carbocycles. The topological polar surface area (TPSA) is 64.3 Å². The summed E-state index contributed by atoms with van der Waals surface area (Å²) in [6, 6.07) is 7.53. The minimum Gasteiger partial charge on any atom is -0.497 e. The van der Waals surface area contributed by atoms with E-state index >= 15 is 0 Å². The molecule has 0 aromatic heterocycles. The van der Waals surface area contributed by atoms with Crippen LogP contribution in [0.25, 0.3) is 0 Å². The number of benzene rings is 1. The zero-order valence-corrected chi connectivity index (χ0v) is 13.3. The van der Waals surface area contributed by atoms with Gasteiger partial charge in [0.1, 0.15) is 5.75 Å². The minimum atomic E-state index is -0.274. The number of amides is 1. The first-order valence-electron chi connectivity index (χ1n) is 6.73. The second-order valence-corrected chi connectivity index (χ2v) is 4.76. The molecule has 0 aliphatic heterocycles. The van der Waals surface area contributed by atoms with Gasteiger partial charge in [0.15, 0.2) is 0 Å². The van der Waals surface area contributed by atoms with Crippen LogP contribution in [-0.2, 0) is 11.2 Å². The van der Waals surface area contributed by atoms with Gasteiger partial charge in [-0.15, -0.1) is 12.4 Å². The Bertz CT molecular complexity index is 395. The van der Waals surface area contributed by atoms with Crippen LogP contribution < -0.4 is 15.8 Å². The maximum atomic E-state index is 12.1. The van der Waals surface area contributed by atoms with Crippen molar-refractivity contribution in [3.63, 3.8) is 0 Å². The molecule has 0 aliphatic rings. The Morgan fingerprint density at radius 1 is 1.25 bits per heavy atom. The van der Waals surface area contributed by atoms with Crippen LogP contribution in [0.2, 0.25) is 0 Å². The first-order chi connectivity index (χ1) is 9.09. The van der Waals surface area contributed by atoms with E-state index in [1.807, 2.05) is 38.1 Å². The molecule has 0 fully saturated rings. The summed E-state index contributed by atoms with van der Waals surface area (Å²) in [6.45, 7) is 4.56. The Balaban J connectivity index is 0.00000361. The fraction of sp³-hybridized carbons (Fsp3) is 0.533. The highest BCUT2D eigenvalue weighted by Gasteiger charge is 2.26. The molecule has 0 atom stereocenters. The van der Waals surface area contributed by atoms with Gasteiger partial charge >= 0.3 is 0 Å². The molecule has 114 valence electrons. The van der Waals surface area contributed by atoms with Crippen molar-refractivity contribution in [2.75, 3.05) is 13.7 Å². The van der Waals surface area contributed by atoms with Crippen molar-refractivity contribution in [1.29, 1.82) is 0 Å². The molecular formula is C15H25ClN2O2. The summed E-state index contributed by atoms with van der Waals surface area (Å²) in [6.07, 6.45) is 2.05. The second-order valence-electron chi connectivity index (χ2n) is 4.76. The number of halogens is 1. The fourth-order valence-corrected chi connectivity index (χ4v) is 2.04. The average Bonchev–Trinajstić information content (AvgIpc) is 2.46. The van der Waals surface area contributed by atoms with E-state index in [4.69, 9.17) is 10.5 Å². The third kappa shape index (κ3) is 5.02. The Kier molecular flexibility index (Phi) is 8.26. The van der Waals surface area contributed by atoms with Gasteiger partial charge in [-0.2, -0.15) is 0 Å². The molecule has 1 aromatic rings. The normalized spacial score (nSPS) is 10.6. The summed E-state index contributed by atoms with van der Waals surface area (Å²) in [5.41, 5.74) is 6.47. The molecule has 4 nitrogen and oxygen atoms in total. The van der Waals surface area contributed by atoms with Crippen LogP contribution >= 0.6 is 12.4 Å². The molecule has 0 spiro atoms. The van der Waals surface area contributed by atoms with Crippen molar-refractivity contribution in [3.05, 3.63) is 29.8 Å². The van der Waals surface area contributed by atoms with Crippen molar-refractivity contribution in [2.45, 2.75) is 38.6 Å². The van der Waals surface area contributed by atoms with E-state index in [1.165, 1.54) is 0 Å². The van der Waals surface area contributed by atoms with Crippen LogP contribution in [0, 0.1) is 0 Å². The molecule has 1 rings (SSSR count). The lowest BCUT2D eigenvalue weighted by Gasteiger charge is -2.31. The van der Waals surface area contributed by atoms with Gasteiger partial charge in [0.25, 0.3) is 0 Å². The lowest BCUT2D eigenvalue weighted by molar-refractivity contribution is -0.122.